The number of hydrogen-bond donors (Lipinski definition) is 2. The van der Waals surface area contributed by atoms with E-state index >= 15 is 0 Å². The number of anilines is 1. The normalized spacial score (nSPS) is 11.2. The second-order valence-corrected chi connectivity index (χ2v) is 8.48. The summed E-state index contributed by atoms with van der Waals surface area (Å²) in [4.78, 5) is 12.2. The maximum Gasteiger partial charge on any atom is 0.258 e. The maximum absolute atomic E-state index is 14.2. The molecule has 0 heterocycles. The first-order valence-electron chi connectivity index (χ1n) is 8.77. The first kappa shape index (κ1) is 21.8. The van der Waals surface area contributed by atoms with Crippen molar-refractivity contribution in [2.45, 2.75) is 11.4 Å². The van der Waals surface area contributed by atoms with Crippen LogP contribution in [0.3, 0.4) is 0 Å². The van der Waals surface area contributed by atoms with Gasteiger partial charge in [-0.05, 0) is 54.1 Å². The van der Waals surface area contributed by atoms with Crippen molar-refractivity contribution in [3.05, 3.63) is 88.7 Å². The van der Waals surface area contributed by atoms with Crippen molar-refractivity contribution >= 4 is 33.2 Å². The zero-order valence-corrected chi connectivity index (χ0v) is 17.4. The lowest BCUT2D eigenvalue weighted by Gasteiger charge is -2.10. The molecule has 0 atom stereocenters. The molecule has 30 heavy (non-hydrogen) atoms. The second kappa shape index (κ2) is 9.25. The van der Waals surface area contributed by atoms with Crippen LogP contribution in [-0.4, -0.2) is 21.4 Å². The minimum atomic E-state index is -3.98. The topological polar surface area (TPSA) is 84.5 Å². The molecule has 0 unspecified atom stereocenters. The molecule has 0 bridgehead atoms. The van der Waals surface area contributed by atoms with Gasteiger partial charge in [0.1, 0.15) is 11.6 Å². The zero-order chi connectivity index (χ0) is 21.7. The van der Waals surface area contributed by atoms with Crippen LogP contribution >= 0.6 is 11.6 Å². The molecule has 6 nitrogen and oxygen atoms in total. The number of methoxy groups -OCH3 is 1. The van der Waals surface area contributed by atoms with Crippen molar-refractivity contribution in [1.82, 2.24) is 4.72 Å². The Bertz CT molecular complexity index is 1170. The second-order valence-electron chi connectivity index (χ2n) is 6.28. The third-order valence-electron chi connectivity index (χ3n) is 4.20. The predicted octanol–water partition coefficient (Wildman–Crippen LogP) is 4.22. The first-order valence-corrected chi connectivity index (χ1v) is 10.6. The fourth-order valence-corrected chi connectivity index (χ4v) is 3.85. The number of ether oxygens (including phenoxy) is 1. The Morgan fingerprint density at radius 1 is 1.07 bits per heavy atom. The van der Waals surface area contributed by atoms with Gasteiger partial charge in [-0.1, -0.05) is 29.8 Å². The number of hydrogen-bond acceptors (Lipinski definition) is 4. The van der Waals surface area contributed by atoms with Crippen molar-refractivity contribution in [2.24, 2.45) is 0 Å². The highest BCUT2D eigenvalue weighted by Crippen LogP contribution is 2.20. The summed E-state index contributed by atoms with van der Waals surface area (Å²) in [6.07, 6.45) is 0. The van der Waals surface area contributed by atoms with Gasteiger partial charge in [0.05, 0.1) is 17.6 Å². The molecule has 1 amide bonds. The lowest BCUT2D eigenvalue weighted by molar-refractivity contribution is 0.102. The molecular formula is C21H18ClFN2O4S. The van der Waals surface area contributed by atoms with Crippen LogP contribution in [0.15, 0.2) is 71.6 Å². The molecule has 2 N–H and O–H groups in total. The van der Waals surface area contributed by atoms with Gasteiger partial charge < -0.3 is 10.1 Å². The highest BCUT2D eigenvalue weighted by atomic mass is 35.5. The molecule has 156 valence electrons. The van der Waals surface area contributed by atoms with Crippen LogP contribution in [0.5, 0.6) is 5.75 Å². The van der Waals surface area contributed by atoms with Gasteiger partial charge in [-0.25, -0.2) is 17.5 Å². The Kier molecular flexibility index (Phi) is 6.71. The number of rotatable bonds is 7. The third-order valence-corrected chi connectivity index (χ3v) is 5.83. The van der Waals surface area contributed by atoms with E-state index in [0.29, 0.717) is 22.0 Å². The molecule has 0 aliphatic rings. The zero-order valence-electron chi connectivity index (χ0n) is 15.9. The predicted molar refractivity (Wildman–Crippen MR) is 113 cm³/mol. The SMILES string of the molecule is COc1ccc(CNS(=O)(=O)c2ccc(F)c(C(=O)Nc3cccc(Cl)c3)c2)cc1. The lowest BCUT2D eigenvalue weighted by atomic mass is 10.2. The van der Waals surface area contributed by atoms with E-state index in [4.69, 9.17) is 16.3 Å². The Balaban J connectivity index is 1.77. The van der Waals surface area contributed by atoms with Crippen molar-refractivity contribution in [3.8, 4) is 5.75 Å². The minimum Gasteiger partial charge on any atom is -0.497 e. The van der Waals surface area contributed by atoms with Gasteiger partial charge in [0.25, 0.3) is 5.91 Å². The molecule has 0 spiro atoms. The van der Waals surface area contributed by atoms with E-state index in [-0.39, 0.29) is 11.4 Å². The Morgan fingerprint density at radius 2 is 1.80 bits per heavy atom. The average molecular weight is 449 g/mol. The smallest absolute Gasteiger partial charge is 0.258 e. The third kappa shape index (κ3) is 5.35. The maximum atomic E-state index is 14.2. The van der Waals surface area contributed by atoms with Crippen LogP contribution in [0.1, 0.15) is 15.9 Å². The van der Waals surface area contributed by atoms with E-state index in [9.17, 15) is 17.6 Å². The van der Waals surface area contributed by atoms with E-state index in [1.165, 1.54) is 13.2 Å². The van der Waals surface area contributed by atoms with Crippen LogP contribution < -0.4 is 14.8 Å². The van der Waals surface area contributed by atoms with Crippen molar-refractivity contribution in [1.29, 1.82) is 0 Å². The number of nitrogens with one attached hydrogen (secondary N) is 2. The highest BCUT2D eigenvalue weighted by Gasteiger charge is 2.19. The van der Waals surface area contributed by atoms with E-state index in [1.54, 1.807) is 42.5 Å². The van der Waals surface area contributed by atoms with E-state index in [0.717, 1.165) is 18.2 Å². The average Bonchev–Trinajstić information content (AvgIpc) is 2.73. The molecule has 9 heteroatoms. The van der Waals surface area contributed by atoms with Gasteiger partial charge in [0, 0.05) is 17.3 Å². The van der Waals surface area contributed by atoms with Gasteiger partial charge in [0.2, 0.25) is 10.0 Å². The molecule has 3 aromatic rings. The van der Waals surface area contributed by atoms with E-state index < -0.39 is 27.3 Å². The van der Waals surface area contributed by atoms with Crippen molar-refractivity contribution in [2.75, 3.05) is 12.4 Å². The Hall–Kier alpha value is -2.94. The number of sulfonamides is 1. The van der Waals surface area contributed by atoms with Crippen molar-refractivity contribution in [3.63, 3.8) is 0 Å². The van der Waals surface area contributed by atoms with Gasteiger partial charge in [-0.3, -0.25) is 4.79 Å². The number of halogens is 2. The molecule has 3 aromatic carbocycles. The van der Waals surface area contributed by atoms with E-state index in [2.05, 4.69) is 10.0 Å². The summed E-state index contributed by atoms with van der Waals surface area (Å²) < 4.78 is 46.9. The van der Waals surface area contributed by atoms with Gasteiger partial charge >= 0.3 is 0 Å². The Labute approximate surface area is 178 Å². The molecule has 0 aliphatic carbocycles. The number of carbonyl (C=O) groups is 1. The summed E-state index contributed by atoms with van der Waals surface area (Å²) in [5, 5.41) is 2.89. The molecule has 0 aromatic heterocycles. The minimum absolute atomic E-state index is 0.0216. The summed E-state index contributed by atoms with van der Waals surface area (Å²) in [5.41, 5.74) is 0.667. The summed E-state index contributed by atoms with van der Waals surface area (Å²) in [7, 11) is -2.44. The molecule has 0 aliphatic heterocycles. The van der Waals surface area contributed by atoms with Crippen LogP contribution in [0.4, 0.5) is 10.1 Å². The Morgan fingerprint density at radius 3 is 2.47 bits per heavy atom. The van der Waals surface area contributed by atoms with Crippen LogP contribution in [-0.2, 0) is 16.6 Å². The molecule has 3 rings (SSSR count). The number of carbonyl (C=O) groups excluding carboxylic acids is 1. The molecule has 0 radical (unpaired) electrons. The fourth-order valence-electron chi connectivity index (χ4n) is 2.62. The van der Waals surface area contributed by atoms with Crippen LogP contribution in [0, 0.1) is 5.82 Å². The highest BCUT2D eigenvalue weighted by molar-refractivity contribution is 7.89. The van der Waals surface area contributed by atoms with E-state index in [1.807, 2.05) is 0 Å². The molecule has 0 saturated heterocycles. The number of benzene rings is 3. The van der Waals surface area contributed by atoms with Crippen LogP contribution in [0.2, 0.25) is 5.02 Å². The lowest BCUT2D eigenvalue weighted by Crippen LogP contribution is -2.24. The monoisotopic (exact) mass is 448 g/mol. The quantitative estimate of drug-likeness (QED) is 0.566. The van der Waals surface area contributed by atoms with Gasteiger partial charge in [-0.15, -0.1) is 0 Å². The van der Waals surface area contributed by atoms with Crippen LogP contribution in [0.25, 0.3) is 0 Å². The summed E-state index contributed by atoms with van der Waals surface area (Å²) >= 11 is 5.87. The summed E-state index contributed by atoms with van der Waals surface area (Å²) in [6, 6.07) is 16.2. The fraction of sp³-hybridized carbons (Fsp3) is 0.0952. The number of amides is 1. The van der Waals surface area contributed by atoms with Gasteiger partial charge in [0.15, 0.2) is 0 Å². The summed E-state index contributed by atoms with van der Waals surface area (Å²) in [6.45, 7) is 0.0216. The molecule has 0 fully saturated rings. The standard InChI is InChI=1S/C21H18ClFN2O4S/c1-29-17-7-5-14(6-8-17)13-24-30(27,28)18-9-10-20(23)19(12-18)21(26)25-16-4-2-3-15(22)11-16/h2-12,24H,13H2,1H3,(H,25,26). The van der Waals surface area contributed by atoms with Crippen molar-refractivity contribution < 1.29 is 22.3 Å². The molecule has 0 saturated carbocycles. The first-order chi connectivity index (χ1) is 14.3. The summed E-state index contributed by atoms with van der Waals surface area (Å²) in [5.74, 6) is -0.985. The van der Waals surface area contributed by atoms with Gasteiger partial charge in [-0.2, -0.15) is 0 Å². The largest absolute Gasteiger partial charge is 0.497 e. The molecular weight excluding hydrogens is 431 g/mol.